The second-order valence-corrected chi connectivity index (χ2v) is 4.06. The van der Waals surface area contributed by atoms with Crippen molar-refractivity contribution in [1.29, 1.82) is 0 Å². The molecule has 0 bridgehead atoms. The zero-order valence-electron chi connectivity index (χ0n) is 8.48. The molecule has 0 amide bonds. The molecular formula is C8H11BrN4O3. The molecule has 1 aromatic rings. The fourth-order valence-corrected chi connectivity index (χ4v) is 1.44. The first-order valence-electron chi connectivity index (χ1n) is 4.43. The van der Waals surface area contributed by atoms with Crippen molar-refractivity contribution >= 4 is 33.3 Å². The monoisotopic (exact) mass is 290 g/mol. The summed E-state index contributed by atoms with van der Waals surface area (Å²) in [6, 6.07) is 1.05. The molecule has 0 saturated carbocycles. The van der Waals surface area contributed by atoms with Gasteiger partial charge >= 0.3 is 5.69 Å². The number of nitro groups is 1. The van der Waals surface area contributed by atoms with E-state index in [-0.39, 0.29) is 24.2 Å². The van der Waals surface area contributed by atoms with Crippen molar-refractivity contribution in [2.75, 3.05) is 17.7 Å². The smallest absolute Gasteiger partial charge is 0.312 e. The summed E-state index contributed by atoms with van der Waals surface area (Å²) in [6.45, 7) is 1.66. The van der Waals surface area contributed by atoms with Gasteiger partial charge in [-0.15, -0.1) is 0 Å². The van der Waals surface area contributed by atoms with Gasteiger partial charge in [0, 0.05) is 12.1 Å². The molecule has 8 heteroatoms. The average molecular weight is 291 g/mol. The van der Waals surface area contributed by atoms with E-state index in [1.807, 2.05) is 0 Å². The van der Waals surface area contributed by atoms with Crippen molar-refractivity contribution in [2.24, 2.45) is 0 Å². The zero-order chi connectivity index (χ0) is 12.3. The number of aliphatic hydroxyl groups is 1. The Labute approximate surface area is 100.0 Å². The number of anilines is 2. The molecule has 16 heavy (non-hydrogen) atoms. The van der Waals surface area contributed by atoms with Crippen molar-refractivity contribution in [3.05, 3.63) is 20.7 Å². The van der Waals surface area contributed by atoms with E-state index >= 15 is 0 Å². The Kier molecular flexibility index (Phi) is 4.02. The SMILES string of the molecule is CC(CO)Nc1nc(N)c([N+](=O)[O-])cc1Br. The highest BCUT2D eigenvalue weighted by molar-refractivity contribution is 9.10. The predicted molar refractivity (Wildman–Crippen MR) is 63.2 cm³/mol. The van der Waals surface area contributed by atoms with Crippen LogP contribution in [0.1, 0.15) is 6.92 Å². The number of hydrogen-bond acceptors (Lipinski definition) is 6. The van der Waals surface area contributed by atoms with Gasteiger partial charge in [-0.1, -0.05) is 0 Å². The molecule has 1 aromatic heterocycles. The topological polar surface area (TPSA) is 114 Å². The largest absolute Gasteiger partial charge is 0.394 e. The molecule has 0 saturated heterocycles. The Morgan fingerprint density at radius 3 is 2.94 bits per heavy atom. The Morgan fingerprint density at radius 1 is 1.81 bits per heavy atom. The molecule has 0 spiro atoms. The Morgan fingerprint density at radius 2 is 2.44 bits per heavy atom. The third kappa shape index (κ3) is 2.80. The first-order valence-corrected chi connectivity index (χ1v) is 5.22. The van der Waals surface area contributed by atoms with Crippen LogP contribution in [-0.4, -0.2) is 27.7 Å². The molecule has 1 unspecified atom stereocenters. The normalized spacial score (nSPS) is 12.2. The highest BCUT2D eigenvalue weighted by Crippen LogP contribution is 2.29. The van der Waals surface area contributed by atoms with Gasteiger partial charge in [0.1, 0.15) is 5.82 Å². The lowest BCUT2D eigenvalue weighted by atomic mass is 10.3. The van der Waals surface area contributed by atoms with E-state index in [4.69, 9.17) is 10.8 Å². The van der Waals surface area contributed by atoms with Gasteiger partial charge in [0.05, 0.1) is 16.0 Å². The fraction of sp³-hybridized carbons (Fsp3) is 0.375. The van der Waals surface area contributed by atoms with Gasteiger partial charge in [-0.3, -0.25) is 10.1 Å². The summed E-state index contributed by atoms with van der Waals surface area (Å²) in [5.74, 6) is 0.200. The quantitative estimate of drug-likeness (QED) is 0.566. The van der Waals surface area contributed by atoms with Crippen LogP contribution in [0, 0.1) is 10.1 Å². The summed E-state index contributed by atoms with van der Waals surface area (Å²) in [6.07, 6.45) is 0. The third-order valence-corrected chi connectivity index (χ3v) is 2.44. The molecule has 0 fully saturated rings. The highest BCUT2D eigenvalue weighted by atomic mass is 79.9. The first kappa shape index (κ1) is 12.7. The first-order chi connectivity index (χ1) is 7.45. The summed E-state index contributed by atoms with van der Waals surface area (Å²) in [5.41, 5.74) is 5.18. The van der Waals surface area contributed by atoms with Gasteiger partial charge < -0.3 is 16.2 Å². The predicted octanol–water partition coefficient (Wildman–Crippen LogP) is 1.13. The van der Waals surface area contributed by atoms with Gasteiger partial charge in [-0.2, -0.15) is 0 Å². The molecule has 1 rings (SSSR count). The number of nitrogens with zero attached hydrogens (tertiary/aromatic N) is 2. The maximum Gasteiger partial charge on any atom is 0.312 e. The van der Waals surface area contributed by atoms with Crippen LogP contribution in [0.4, 0.5) is 17.3 Å². The Hall–Kier alpha value is -1.41. The number of hydrogen-bond donors (Lipinski definition) is 3. The van der Waals surface area contributed by atoms with Crippen LogP contribution >= 0.6 is 15.9 Å². The van der Waals surface area contributed by atoms with Crippen LogP contribution < -0.4 is 11.1 Å². The number of nitrogens with two attached hydrogens (primary N) is 1. The van der Waals surface area contributed by atoms with E-state index in [1.165, 1.54) is 6.07 Å². The standard InChI is InChI=1S/C8H11BrN4O3/c1-4(3-14)11-8-5(9)2-6(13(15)16)7(10)12-8/h2,4,14H,3H2,1H3,(H3,10,11,12). The summed E-state index contributed by atoms with van der Waals surface area (Å²) >= 11 is 3.14. The molecule has 1 atom stereocenters. The molecule has 7 nitrogen and oxygen atoms in total. The molecule has 88 valence electrons. The number of rotatable bonds is 4. The van der Waals surface area contributed by atoms with Crippen LogP contribution in [0.3, 0.4) is 0 Å². The number of nitrogen functional groups attached to an aromatic ring is 1. The van der Waals surface area contributed by atoms with E-state index < -0.39 is 4.92 Å². The molecule has 0 aliphatic heterocycles. The number of aromatic nitrogens is 1. The van der Waals surface area contributed by atoms with Gasteiger partial charge in [0.25, 0.3) is 0 Å². The van der Waals surface area contributed by atoms with Gasteiger partial charge in [-0.05, 0) is 22.9 Å². The number of nitrogens with one attached hydrogen (secondary N) is 1. The lowest BCUT2D eigenvalue weighted by molar-refractivity contribution is -0.384. The minimum Gasteiger partial charge on any atom is -0.394 e. The van der Waals surface area contributed by atoms with Crippen LogP contribution in [-0.2, 0) is 0 Å². The minimum atomic E-state index is -0.605. The van der Waals surface area contributed by atoms with E-state index in [0.717, 1.165) is 0 Å². The number of halogens is 1. The summed E-state index contributed by atoms with van der Waals surface area (Å²) in [4.78, 5) is 13.8. The van der Waals surface area contributed by atoms with Crippen molar-refractivity contribution in [2.45, 2.75) is 13.0 Å². The zero-order valence-corrected chi connectivity index (χ0v) is 10.1. The van der Waals surface area contributed by atoms with E-state index in [0.29, 0.717) is 10.3 Å². The maximum atomic E-state index is 10.6. The average Bonchev–Trinajstić information content (AvgIpc) is 2.22. The molecule has 1 heterocycles. The lowest BCUT2D eigenvalue weighted by Gasteiger charge is -2.13. The number of aliphatic hydroxyl groups excluding tert-OH is 1. The van der Waals surface area contributed by atoms with E-state index in [9.17, 15) is 10.1 Å². The molecule has 0 aliphatic carbocycles. The molecular weight excluding hydrogens is 280 g/mol. The minimum absolute atomic E-state index is 0.0784. The van der Waals surface area contributed by atoms with Gasteiger partial charge in [0.2, 0.25) is 5.82 Å². The van der Waals surface area contributed by atoms with Crippen LogP contribution in [0.5, 0.6) is 0 Å². The van der Waals surface area contributed by atoms with Crippen molar-refractivity contribution in [1.82, 2.24) is 4.98 Å². The van der Waals surface area contributed by atoms with Crippen LogP contribution in [0.2, 0.25) is 0 Å². The highest BCUT2D eigenvalue weighted by Gasteiger charge is 2.17. The Balaban J connectivity index is 3.05. The second kappa shape index (κ2) is 5.08. The van der Waals surface area contributed by atoms with Crippen LogP contribution in [0.15, 0.2) is 10.5 Å². The van der Waals surface area contributed by atoms with E-state index in [1.54, 1.807) is 6.92 Å². The summed E-state index contributed by atoms with van der Waals surface area (Å²) < 4.78 is 0.425. The van der Waals surface area contributed by atoms with E-state index in [2.05, 4.69) is 26.2 Å². The third-order valence-electron chi connectivity index (χ3n) is 1.84. The number of pyridine rings is 1. The fourth-order valence-electron chi connectivity index (χ4n) is 1.02. The van der Waals surface area contributed by atoms with Crippen LogP contribution in [0.25, 0.3) is 0 Å². The van der Waals surface area contributed by atoms with Gasteiger partial charge in [-0.25, -0.2) is 4.98 Å². The van der Waals surface area contributed by atoms with Crippen molar-refractivity contribution < 1.29 is 10.0 Å². The molecule has 0 aromatic carbocycles. The lowest BCUT2D eigenvalue weighted by Crippen LogP contribution is -2.20. The maximum absolute atomic E-state index is 10.6. The van der Waals surface area contributed by atoms with Crippen molar-refractivity contribution in [3.8, 4) is 0 Å². The molecule has 4 N–H and O–H groups in total. The molecule has 0 aliphatic rings. The Bertz CT molecular complexity index is 413. The van der Waals surface area contributed by atoms with Crippen molar-refractivity contribution in [3.63, 3.8) is 0 Å². The summed E-state index contributed by atoms with van der Waals surface area (Å²) in [7, 11) is 0. The second-order valence-electron chi connectivity index (χ2n) is 3.21. The molecule has 0 radical (unpaired) electrons. The van der Waals surface area contributed by atoms with Gasteiger partial charge in [0.15, 0.2) is 0 Å². The summed E-state index contributed by atoms with van der Waals surface area (Å²) in [5, 5.41) is 22.3.